The third-order valence-electron chi connectivity index (χ3n) is 3.65. The average Bonchev–Trinajstić information content (AvgIpc) is 2.61. The van der Waals surface area contributed by atoms with E-state index in [0.29, 0.717) is 6.54 Å². The van der Waals surface area contributed by atoms with Crippen molar-refractivity contribution >= 4 is 17.9 Å². The summed E-state index contributed by atoms with van der Waals surface area (Å²) in [6.45, 7) is 1.95. The van der Waals surface area contributed by atoms with Crippen molar-refractivity contribution < 1.29 is 29.7 Å². The van der Waals surface area contributed by atoms with Gasteiger partial charge in [0.05, 0.1) is 19.5 Å². The Morgan fingerprint density at radius 2 is 1.46 bits per heavy atom. The van der Waals surface area contributed by atoms with Gasteiger partial charge in [-0.15, -0.1) is 0 Å². The van der Waals surface area contributed by atoms with Crippen molar-refractivity contribution in [2.75, 3.05) is 13.1 Å². The molecule has 7 nitrogen and oxygen atoms in total. The van der Waals surface area contributed by atoms with E-state index in [0.717, 1.165) is 12.0 Å². The SMILES string of the molecule is CCCCCC/C=C/CC(=O)O.O=C(O)CN(CC(=O)O)Cc1ccccc1. The van der Waals surface area contributed by atoms with E-state index in [-0.39, 0.29) is 19.5 Å². The first kappa shape index (κ1) is 25.3. The van der Waals surface area contributed by atoms with E-state index in [4.69, 9.17) is 15.3 Å². The largest absolute Gasteiger partial charge is 0.481 e. The van der Waals surface area contributed by atoms with Crippen molar-refractivity contribution in [1.82, 2.24) is 4.90 Å². The van der Waals surface area contributed by atoms with E-state index in [9.17, 15) is 14.4 Å². The fourth-order valence-electron chi connectivity index (χ4n) is 2.38. The topological polar surface area (TPSA) is 115 Å². The van der Waals surface area contributed by atoms with Crippen LogP contribution in [0.25, 0.3) is 0 Å². The number of rotatable bonds is 13. The Balaban J connectivity index is 0.000000546. The van der Waals surface area contributed by atoms with Gasteiger partial charge in [-0.25, -0.2) is 0 Å². The molecule has 1 aromatic rings. The van der Waals surface area contributed by atoms with Gasteiger partial charge in [-0.2, -0.15) is 0 Å². The standard InChI is InChI=1S/C11H13NO4.C10H18O2/c13-10(14)7-12(8-11(15)16)6-9-4-2-1-3-5-9;1-2-3-4-5-6-7-8-9-10(11)12/h1-5H,6-8H2,(H,13,14)(H,15,16);7-8H,2-6,9H2,1H3,(H,11,12)/b;8-7+. The van der Waals surface area contributed by atoms with Crippen molar-refractivity contribution in [3.8, 4) is 0 Å². The first-order valence-electron chi connectivity index (χ1n) is 9.41. The van der Waals surface area contributed by atoms with Crippen LogP contribution in [0.15, 0.2) is 42.5 Å². The summed E-state index contributed by atoms with van der Waals surface area (Å²) in [6.07, 6.45) is 9.85. The molecule has 156 valence electrons. The van der Waals surface area contributed by atoms with E-state index in [2.05, 4.69) is 6.92 Å². The molecule has 0 radical (unpaired) electrons. The molecule has 3 N–H and O–H groups in total. The molecule has 0 aromatic heterocycles. The highest BCUT2D eigenvalue weighted by atomic mass is 16.4. The molecule has 0 fully saturated rings. The summed E-state index contributed by atoms with van der Waals surface area (Å²) in [7, 11) is 0. The van der Waals surface area contributed by atoms with Gasteiger partial charge < -0.3 is 15.3 Å². The fourth-order valence-corrected chi connectivity index (χ4v) is 2.38. The van der Waals surface area contributed by atoms with Crippen LogP contribution < -0.4 is 0 Å². The average molecular weight is 393 g/mol. The van der Waals surface area contributed by atoms with Crippen LogP contribution in [0.3, 0.4) is 0 Å². The molecule has 0 unspecified atom stereocenters. The zero-order chi connectivity index (χ0) is 21.2. The number of carbonyl (C=O) groups is 3. The molecule has 0 aliphatic rings. The minimum atomic E-state index is -1.03. The molecule has 28 heavy (non-hydrogen) atoms. The third-order valence-corrected chi connectivity index (χ3v) is 3.65. The first-order valence-corrected chi connectivity index (χ1v) is 9.41. The molecule has 0 amide bonds. The summed E-state index contributed by atoms with van der Waals surface area (Å²) < 4.78 is 0. The number of carboxylic acids is 3. The monoisotopic (exact) mass is 393 g/mol. The molecule has 0 saturated carbocycles. The quantitative estimate of drug-likeness (QED) is 0.346. The molecule has 0 aliphatic heterocycles. The number of carboxylic acid groups (broad SMARTS) is 3. The molecule has 0 atom stereocenters. The lowest BCUT2D eigenvalue weighted by Crippen LogP contribution is -2.33. The van der Waals surface area contributed by atoms with Crippen LogP contribution in [0.5, 0.6) is 0 Å². The highest BCUT2D eigenvalue weighted by Crippen LogP contribution is 2.04. The van der Waals surface area contributed by atoms with Gasteiger partial charge in [0.1, 0.15) is 0 Å². The highest BCUT2D eigenvalue weighted by Gasteiger charge is 2.13. The molecule has 7 heteroatoms. The number of hydrogen-bond acceptors (Lipinski definition) is 4. The van der Waals surface area contributed by atoms with Crippen LogP contribution in [-0.4, -0.2) is 51.2 Å². The van der Waals surface area contributed by atoms with Gasteiger partial charge in [0.25, 0.3) is 0 Å². The number of aliphatic carboxylic acids is 3. The molecule has 0 saturated heterocycles. The van der Waals surface area contributed by atoms with Crippen LogP contribution in [-0.2, 0) is 20.9 Å². The lowest BCUT2D eigenvalue weighted by molar-refractivity contribution is -0.142. The molecular weight excluding hydrogens is 362 g/mol. The summed E-state index contributed by atoms with van der Waals surface area (Å²) in [5.74, 6) is -2.81. The zero-order valence-corrected chi connectivity index (χ0v) is 16.4. The summed E-state index contributed by atoms with van der Waals surface area (Å²) in [4.78, 5) is 32.5. The van der Waals surface area contributed by atoms with Gasteiger partial charge in [-0.05, 0) is 18.4 Å². The van der Waals surface area contributed by atoms with Crippen molar-refractivity contribution in [3.63, 3.8) is 0 Å². The third kappa shape index (κ3) is 16.8. The van der Waals surface area contributed by atoms with Crippen LogP contribution in [0.4, 0.5) is 0 Å². The molecule has 1 aromatic carbocycles. The van der Waals surface area contributed by atoms with Crippen LogP contribution >= 0.6 is 0 Å². The normalized spacial score (nSPS) is 10.5. The lowest BCUT2D eigenvalue weighted by atomic mass is 10.1. The van der Waals surface area contributed by atoms with E-state index < -0.39 is 17.9 Å². The van der Waals surface area contributed by atoms with Crippen molar-refractivity contribution in [1.29, 1.82) is 0 Å². The summed E-state index contributed by atoms with van der Waals surface area (Å²) >= 11 is 0. The van der Waals surface area contributed by atoms with Crippen LogP contribution in [0.2, 0.25) is 0 Å². The second-order valence-electron chi connectivity index (χ2n) is 6.34. The minimum absolute atomic E-state index is 0.160. The smallest absolute Gasteiger partial charge is 0.317 e. The fraction of sp³-hybridized carbons (Fsp3) is 0.476. The molecule has 0 bridgehead atoms. The number of allylic oxidation sites excluding steroid dienone is 1. The van der Waals surface area contributed by atoms with Crippen LogP contribution in [0, 0.1) is 0 Å². The summed E-state index contributed by atoms with van der Waals surface area (Å²) in [5, 5.41) is 25.6. The maximum atomic E-state index is 10.5. The Kier molecular flexibility index (Phi) is 14.9. The van der Waals surface area contributed by atoms with Crippen molar-refractivity contribution in [3.05, 3.63) is 48.0 Å². The molecule has 0 spiro atoms. The Labute approximate surface area is 166 Å². The molecule has 0 heterocycles. The number of nitrogens with zero attached hydrogens (tertiary/aromatic N) is 1. The summed E-state index contributed by atoms with van der Waals surface area (Å²) in [6, 6.07) is 9.17. The van der Waals surface area contributed by atoms with Gasteiger partial charge in [0.15, 0.2) is 0 Å². The van der Waals surface area contributed by atoms with E-state index in [1.165, 1.54) is 30.6 Å². The van der Waals surface area contributed by atoms with E-state index in [1.807, 2.05) is 36.4 Å². The number of benzene rings is 1. The highest BCUT2D eigenvalue weighted by molar-refractivity contribution is 5.72. The lowest BCUT2D eigenvalue weighted by Gasteiger charge is -2.17. The number of unbranched alkanes of at least 4 members (excludes halogenated alkanes) is 4. The minimum Gasteiger partial charge on any atom is -0.481 e. The van der Waals surface area contributed by atoms with Gasteiger partial charge in [-0.3, -0.25) is 19.3 Å². The maximum Gasteiger partial charge on any atom is 0.317 e. The van der Waals surface area contributed by atoms with Gasteiger partial charge in [0.2, 0.25) is 0 Å². The Hall–Kier alpha value is -2.67. The maximum absolute atomic E-state index is 10.5. The van der Waals surface area contributed by atoms with Gasteiger partial charge >= 0.3 is 17.9 Å². The zero-order valence-electron chi connectivity index (χ0n) is 16.4. The Morgan fingerprint density at radius 3 is 1.96 bits per heavy atom. The molecule has 1 rings (SSSR count). The Morgan fingerprint density at radius 1 is 0.857 bits per heavy atom. The second-order valence-corrected chi connectivity index (χ2v) is 6.34. The molecule has 0 aliphatic carbocycles. The van der Waals surface area contributed by atoms with Crippen molar-refractivity contribution in [2.45, 2.75) is 52.0 Å². The Bertz CT molecular complexity index is 584. The van der Waals surface area contributed by atoms with Crippen LogP contribution in [0.1, 0.15) is 51.0 Å². The predicted octanol–water partition coefficient (Wildman–Crippen LogP) is 3.65. The van der Waals surface area contributed by atoms with Crippen molar-refractivity contribution in [2.24, 2.45) is 0 Å². The first-order chi connectivity index (χ1) is 13.3. The summed E-state index contributed by atoms with van der Waals surface area (Å²) in [5.41, 5.74) is 0.894. The number of hydrogen-bond donors (Lipinski definition) is 3. The second kappa shape index (κ2) is 16.5. The van der Waals surface area contributed by atoms with Gasteiger partial charge in [0, 0.05) is 6.54 Å². The predicted molar refractivity (Wildman–Crippen MR) is 107 cm³/mol. The van der Waals surface area contributed by atoms with E-state index in [1.54, 1.807) is 6.08 Å². The van der Waals surface area contributed by atoms with E-state index >= 15 is 0 Å². The molecular formula is C21H31NO6. The van der Waals surface area contributed by atoms with Gasteiger partial charge in [-0.1, -0.05) is 68.7 Å².